The fourth-order valence-electron chi connectivity index (χ4n) is 2.17. The van der Waals surface area contributed by atoms with Gasteiger partial charge in [0.2, 0.25) is 5.91 Å². The minimum atomic E-state index is -0.884. The van der Waals surface area contributed by atoms with Crippen LogP contribution in [0.3, 0.4) is 0 Å². The average molecular weight is 259 g/mol. The Kier molecular flexibility index (Phi) is 5.31. The molecule has 5 heteroatoms. The van der Waals surface area contributed by atoms with Crippen molar-refractivity contribution in [1.29, 1.82) is 0 Å². The molecule has 98 valence electrons. The van der Waals surface area contributed by atoms with Crippen molar-refractivity contribution < 1.29 is 14.7 Å². The standard InChI is InChI=1S/C12H21NO3S/c1-4-6-8(3)11(14)13-9(12(15)16)7-17-10(13)5-2/h8-10H,4-7H2,1-3H3,(H,15,16). The molecule has 3 atom stereocenters. The summed E-state index contributed by atoms with van der Waals surface area (Å²) in [4.78, 5) is 25.0. The molecule has 0 aromatic carbocycles. The van der Waals surface area contributed by atoms with Crippen molar-refractivity contribution in [3.8, 4) is 0 Å². The molecular weight excluding hydrogens is 238 g/mol. The fourth-order valence-corrected chi connectivity index (χ4v) is 3.53. The second-order valence-electron chi connectivity index (χ2n) is 4.49. The van der Waals surface area contributed by atoms with Crippen molar-refractivity contribution in [2.45, 2.75) is 51.4 Å². The third-order valence-corrected chi connectivity index (χ3v) is 4.58. The first-order valence-electron chi connectivity index (χ1n) is 6.19. The number of carbonyl (C=O) groups excluding carboxylic acids is 1. The molecule has 3 unspecified atom stereocenters. The quantitative estimate of drug-likeness (QED) is 0.822. The van der Waals surface area contributed by atoms with Gasteiger partial charge in [0, 0.05) is 11.7 Å². The molecule has 0 aromatic heterocycles. The predicted octanol–water partition coefficient (Wildman–Crippen LogP) is 2.19. The zero-order chi connectivity index (χ0) is 13.0. The van der Waals surface area contributed by atoms with E-state index < -0.39 is 12.0 Å². The first-order valence-corrected chi connectivity index (χ1v) is 7.24. The molecule has 0 aliphatic carbocycles. The lowest BCUT2D eigenvalue weighted by molar-refractivity contribution is -0.150. The maximum absolute atomic E-state index is 12.3. The van der Waals surface area contributed by atoms with Gasteiger partial charge in [0.25, 0.3) is 0 Å². The number of carbonyl (C=O) groups is 2. The molecule has 0 spiro atoms. The zero-order valence-electron chi connectivity index (χ0n) is 10.7. The second kappa shape index (κ2) is 6.28. The van der Waals surface area contributed by atoms with Gasteiger partial charge in [0.15, 0.2) is 0 Å². The molecule has 1 aliphatic rings. The van der Waals surface area contributed by atoms with Crippen LogP contribution in [-0.2, 0) is 9.59 Å². The van der Waals surface area contributed by atoms with Crippen LogP contribution in [0.5, 0.6) is 0 Å². The van der Waals surface area contributed by atoms with E-state index >= 15 is 0 Å². The van der Waals surface area contributed by atoms with Gasteiger partial charge in [-0.3, -0.25) is 4.79 Å². The van der Waals surface area contributed by atoms with Crippen LogP contribution in [0.2, 0.25) is 0 Å². The Morgan fingerprint density at radius 1 is 1.47 bits per heavy atom. The molecular formula is C12H21NO3S. The highest BCUT2D eigenvalue weighted by molar-refractivity contribution is 8.00. The minimum Gasteiger partial charge on any atom is -0.480 e. The van der Waals surface area contributed by atoms with E-state index in [2.05, 4.69) is 0 Å². The first-order chi connectivity index (χ1) is 8.02. The van der Waals surface area contributed by atoms with Gasteiger partial charge in [0.1, 0.15) is 6.04 Å². The van der Waals surface area contributed by atoms with Crippen LogP contribution < -0.4 is 0 Å². The Labute approximate surface area is 107 Å². The topological polar surface area (TPSA) is 57.6 Å². The number of rotatable bonds is 5. The van der Waals surface area contributed by atoms with Crippen molar-refractivity contribution in [3.63, 3.8) is 0 Å². The minimum absolute atomic E-state index is 0.00361. The normalized spacial score (nSPS) is 25.9. The second-order valence-corrected chi connectivity index (χ2v) is 5.70. The number of carboxylic acid groups (broad SMARTS) is 1. The Morgan fingerprint density at radius 2 is 2.12 bits per heavy atom. The van der Waals surface area contributed by atoms with E-state index in [4.69, 9.17) is 5.11 Å². The number of nitrogens with zero attached hydrogens (tertiary/aromatic N) is 1. The number of hydrogen-bond acceptors (Lipinski definition) is 3. The number of carboxylic acids is 1. The summed E-state index contributed by atoms with van der Waals surface area (Å²) in [5.74, 6) is -0.450. The molecule has 1 heterocycles. The summed E-state index contributed by atoms with van der Waals surface area (Å²) in [6, 6.07) is -0.642. The molecule has 1 amide bonds. The summed E-state index contributed by atoms with van der Waals surface area (Å²) >= 11 is 1.57. The van der Waals surface area contributed by atoms with Crippen LogP contribution in [0.15, 0.2) is 0 Å². The largest absolute Gasteiger partial charge is 0.480 e. The highest BCUT2D eigenvalue weighted by Crippen LogP contribution is 2.33. The Hall–Kier alpha value is -0.710. The van der Waals surface area contributed by atoms with E-state index in [1.807, 2.05) is 20.8 Å². The van der Waals surface area contributed by atoms with Gasteiger partial charge in [-0.2, -0.15) is 0 Å². The smallest absolute Gasteiger partial charge is 0.327 e. The molecule has 1 N–H and O–H groups in total. The lowest BCUT2D eigenvalue weighted by Crippen LogP contribution is -2.47. The number of thioether (sulfide) groups is 1. The van der Waals surface area contributed by atoms with E-state index in [0.717, 1.165) is 19.3 Å². The summed E-state index contributed by atoms with van der Waals surface area (Å²) in [5.41, 5.74) is 0. The Morgan fingerprint density at radius 3 is 2.59 bits per heavy atom. The van der Waals surface area contributed by atoms with E-state index in [1.54, 1.807) is 16.7 Å². The van der Waals surface area contributed by atoms with Crippen LogP contribution in [0.25, 0.3) is 0 Å². The highest BCUT2D eigenvalue weighted by Gasteiger charge is 2.41. The first kappa shape index (κ1) is 14.4. The van der Waals surface area contributed by atoms with E-state index in [9.17, 15) is 9.59 Å². The van der Waals surface area contributed by atoms with Crippen LogP contribution in [0, 0.1) is 5.92 Å². The molecule has 0 saturated carbocycles. The predicted molar refractivity (Wildman–Crippen MR) is 68.9 cm³/mol. The molecule has 17 heavy (non-hydrogen) atoms. The third-order valence-electron chi connectivity index (χ3n) is 3.12. The summed E-state index contributed by atoms with van der Waals surface area (Å²) in [5, 5.41) is 9.18. The van der Waals surface area contributed by atoms with Crippen molar-refractivity contribution >= 4 is 23.6 Å². The molecule has 1 aliphatic heterocycles. The van der Waals surface area contributed by atoms with Gasteiger partial charge >= 0.3 is 5.97 Å². The lowest BCUT2D eigenvalue weighted by atomic mass is 10.0. The summed E-state index contributed by atoms with van der Waals surface area (Å²) in [6.45, 7) is 5.92. The van der Waals surface area contributed by atoms with Crippen LogP contribution in [0.1, 0.15) is 40.0 Å². The Bertz CT molecular complexity index is 295. The van der Waals surface area contributed by atoms with Gasteiger partial charge in [0.05, 0.1) is 5.37 Å². The van der Waals surface area contributed by atoms with Crippen molar-refractivity contribution in [2.24, 2.45) is 5.92 Å². The van der Waals surface area contributed by atoms with Crippen molar-refractivity contribution in [1.82, 2.24) is 4.90 Å². The van der Waals surface area contributed by atoms with Crippen molar-refractivity contribution in [2.75, 3.05) is 5.75 Å². The highest BCUT2D eigenvalue weighted by atomic mass is 32.2. The maximum atomic E-state index is 12.3. The fraction of sp³-hybridized carbons (Fsp3) is 0.833. The maximum Gasteiger partial charge on any atom is 0.327 e. The summed E-state index contributed by atoms with van der Waals surface area (Å²) in [7, 11) is 0. The third kappa shape index (κ3) is 3.15. The molecule has 0 aromatic rings. The molecule has 1 fully saturated rings. The number of amides is 1. The van der Waals surface area contributed by atoms with Gasteiger partial charge in [-0.1, -0.05) is 27.2 Å². The number of hydrogen-bond donors (Lipinski definition) is 1. The summed E-state index contributed by atoms with van der Waals surface area (Å²) in [6.07, 6.45) is 2.57. The van der Waals surface area contributed by atoms with E-state index in [-0.39, 0.29) is 17.2 Å². The number of aliphatic carboxylic acids is 1. The van der Waals surface area contributed by atoms with Crippen LogP contribution in [0.4, 0.5) is 0 Å². The molecule has 0 radical (unpaired) electrons. The lowest BCUT2D eigenvalue weighted by Gasteiger charge is -2.29. The monoisotopic (exact) mass is 259 g/mol. The molecule has 0 bridgehead atoms. The van der Waals surface area contributed by atoms with Gasteiger partial charge in [-0.25, -0.2) is 4.79 Å². The van der Waals surface area contributed by atoms with Gasteiger partial charge in [-0.05, 0) is 12.8 Å². The van der Waals surface area contributed by atoms with E-state index in [1.165, 1.54) is 0 Å². The summed E-state index contributed by atoms with van der Waals surface area (Å²) < 4.78 is 0. The van der Waals surface area contributed by atoms with Gasteiger partial charge < -0.3 is 10.0 Å². The SMILES string of the molecule is CCCC(C)C(=O)N1C(CC)SCC1C(=O)O. The molecule has 1 rings (SSSR count). The molecule has 4 nitrogen and oxygen atoms in total. The average Bonchev–Trinajstić information content (AvgIpc) is 2.71. The van der Waals surface area contributed by atoms with Crippen LogP contribution >= 0.6 is 11.8 Å². The van der Waals surface area contributed by atoms with Gasteiger partial charge in [-0.15, -0.1) is 11.8 Å². The van der Waals surface area contributed by atoms with E-state index in [0.29, 0.717) is 5.75 Å². The zero-order valence-corrected chi connectivity index (χ0v) is 11.5. The Balaban J connectivity index is 2.81. The van der Waals surface area contributed by atoms with Crippen LogP contribution in [-0.4, -0.2) is 39.1 Å². The van der Waals surface area contributed by atoms with Crippen molar-refractivity contribution in [3.05, 3.63) is 0 Å². The molecule has 1 saturated heterocycles.